The van der Waals surface area contributed by atoms with Crippen molar-refractivity contribution < 1.29 is 9.18 Å². The molecule has 0 radical (unpaired) electrons. The Morgan fingerprint density at radius 3 is 2.95 bits per heavy atom. The third-order valence-corrected chi connectivity index (χ3v) is 3.04. The Hall–Kier alpha value is -2.54. The zero-order chi connectivity index (χ0) is 15.0. The van der Waals surface area contributed by atoms with Gasteiger partial charge < -0.3 is 5.32 Å². The highest BCUT2D eigenvalue weighted by atomic mass is 35.5. The number of benzene rings is 1. The van der Waals surface area contributed by atoms with Gasteiger partial charge in [-0.1, -0.05) is 11.6 Å². The molecule has 1 amide bonds. The van der Waals surface area contributed by atoms with E-state index in [0.717, 1.165) is 5.69 Å². The molecule has 0 spiro atoms. The van der Waals surface area contributed by atoms with Gasteiger partial charge in [0.25, 0.3) is 11.7 Å². The largest absolute Gasteiger partial charge is 0.317 e. The van der Waals surface area contributed by atoms with E-state index in [9.17, 15) is 9.18 Å². The Labute approximate surface area is 123 Å². The number of halogens is 2. The van der Waals surface area contributed by atoms with Crippen LogP contribution in [-0.2, 0) is 0 Å². The molecule has 0 saturated heterocycles. The Bertz CT molecular complexity index is 848. The van der Waals surface area contributed by atoms with E-state index in [1.807, 2.05) is 6.92 Å². The first kappa shape index (κ1) is 13.4. The van der Waals surface area contributed by atoms with Gasteiger partial charge in [0, 0.05) is 16.9 Å². The van der Waals surface area contributed by atoms with Crippen molar-refractivity contribution in [3.8, 4) is 0 Å². The van der Waals surface area contributed by atoms with Gasteiger partial charge in [0.1, 0.15) is 5.82 Å². The fraction of sp³-hybridized carbons (Fsp3) is 0.0769. The molecule has 0 aliphatic rings. The van der Waals surface area contributed by atoms with Gasteiger partial charge in [0.15, 0.2) is 0 Å². The second kappa shape index (κ2) is 5.10. The van der Waals surface area contributed by atoms with Gasteiger partial charge in [-0.3, -0.25) is 4.79 Å². The number of fused-ring (bicyclic) bond motifs is 1. The number of amides is 1. The van der Waals surface area contributed by atoms with Gasteiger partial charge in [-0.05, 0) is 31.2 Å². The van der Waals surface area contributed by atoms with Crippen LogP contribution in [0.5, 0.6) is 0 Å². The molecule has 0 aliphatic carbocycles. The number of hydrogen-bond donors (Lipinski definition) is 1. The molecule has 106 valence electrons. The maximum absolute atomic E-state index is 13.6. The van der Waals surface area contributed by atoms with Crippen molar-refractivity contribution in [3.63, 3.8) is 0 Å². The first-order chi connectivity index (χ1) is 10.0. The average molecular weight is 306 g/mol. The van der Waals surface area contributed by atoms with Crippen LogP contribution in [0.3, 0.4) is 0 Å². The molecular formula is C13H9ClFN5O. The summed E-state index contributed by atoms with van der Waals surface area (Å²) in [6, 6.07) is 5.61. The van der Waals surface area contributed by atoms with Gasteiger partial charge >= 0.3 is 0 Å². The number of rotatable bonds is 2. The van der Waals surface area contributed by atoms with Crippen LogP contribution in [0.2, 0.25) is 5.02 Å². The lowest BCUT2D eigenvalue weighted by atomic mass is 10.3. The molecule has 21 heavy (non-hydrogen) atoms. The number of aryl methyl sites for hydroxylation is 1. The molecule has 1 aromatic carbocycles. The van der Waals surface area contributed by atoms with E-state index in [1.165, 1.54) is 22.7 Å². The second-order valence-corrected chi connectivity index (χ2v) is 4.75. The lowest BCUT2D eigenvalue weighted by Gasteiger charge is -2.04. The first-order valence-electron chi connectivity index (χ1n) is 5.99. The van der Waals surface area contributed by atoms with Gasteiger partial charge in [0.2, 0.25) is 5.82 Å². The molecule has 0 saturated carbocycles. The van der Waals surface area contributed by atoms with Crippen LogP contribution >= 0.6 is 11.6 Å². The number of anilines is 1. The Morgan fingerprint density at radius 1 is 1.38 bits per heavy atom. The minimum Gasteiger partial charge on any atom is -0.317 e. The SMILES string of the molecule is Cc1ccnc2nc(C(=O)Nc3cc(Cl)ccc3F)nn12. The van der Waals surface area contributed by atoms with E-state index in [4.69, 9.17) is 11.6 Å². The molecule has 0 unspecified atom stereocenters. The van der Waals surface area contributed by atoms with Crippen LogP contribution in [-0.4, -0.2) is 25.5 Å². The fourth-order valence-corrected chi connectivity index (χ4v) is 1.95. The normalized spacial score (nSPS) is 10.8. The van der Waals surface area contributed by atoms with Crippen molar-refractivity contribution >= 4 is 29.0 Å². The lowest BCUT2D eigenvalue weighted by Crippen LogP contribution is -2.15. The van der Waals surface area contributed by atoms with Crippen LogP contribution in [0.1, 0.15) is 16.3 Å². The molecule has 3 rings (SSSR count). The zero-order valence-electron chi connectivity index (χ0n) is 10.8. The third kappa shape index (κ3) is 2.55. The van der Waals surface area contributed by atoms with E-state index < -0.39 is 11.7 Å². The van der Waals surface area contributed by atoms with E-state index in [0.29, 0.717) is 10.8 Å². The van der Waals surface area contributed by atoms with E-state index in [1.54, 1.807) is 12.3 Å². The first-order valence-corrected chi connectivity index (χ1v) is 6.37. The Kier molecular flexibility index (Phi) is 3.26. The summed E-state index contributed by atoms with van der Waals surface area (Å²) in [6.45, 7) is 1.81. The van der Waals surface area contributed by atoms with Gasteiger partial charge in [-0.25, -0.2) is 13.9 Å². The van der Waals surface area contributed by atoms with Gasteiger partial charge in [-0.15, -0.1) is 5.10 Å². The molecule has 0 fully saturated rings. The summed E-state index contributed by atoms with van der Waals surface area (Å²) in [4.78, 5) is 20.1. The maximum Gasteiger partial charge on any atom is 0.295 e. The second-order valence-electron chi connectivity index (χ2n) is 4.31. The molecule has 8 heteroatoms. The van der Waals surface area contributed by atoms with Gasteiger partial charge in [0.05, 0.1) is 5.69 Å². The van der Waals surface area contributed by atoms with Crippen molar-refractivity contribution in [1.82, 2.24) is 19.6 Å². The van der Waals surface area contributed by atoms with Crippen molar-refractivity contribution in [2.24, 2.45) is 0 Å². The van der Waals surface area contributed by atoms with E-state index >= 15 is 0 Å². The maximum atomic E-state index is 13.6. The van der Waals surface area contributed by atoms with E-state index in [-0.39, 0.29) is 11.5 Å². The molecule has 0 bridgehead atoms. The summed E-state index contributed by atoms with van der Waals surface area (Å²) in [5.41, 5.74) is 0.747. The molecular weight excluding hydrogens is 297 g/mol. The zero-order valence-corrected chi connectivity index (χ0v) is 11.6. The summed E-state index contributed by atoms with van der Waals surface area (Å²) in [7, 11) is 0. The number of hydrogen-bond acceptors (Lipinski definition) is 4. The van der Waals surface area contributed by atoms with Crippen LogP contribution in [0.15, 0.2) is 30.5 Å². The quantitative estimate of drug-likeness (QED) is 0.789. The third-order valence-electron chi connectivity index (χ3n) is 2.81. The predicted molar refractivity (Wildman–Crippen MR) is 74.9 cm³/mol. The van der Waals surface area contributed by atoms with Crippen LogP contribution < -0.4 is 5.32 Å². The molecule has 0 atom stereocenters. The molecule has 2 aromatic heterocycles. The molecule has 2 heterocycles. The average Bonchev–Trinajstić information content (AvgIpc) is 2.88. The van der Waals surface area contributed by atoms with E-state index in [2.05, 4.69) is 20.4 Å². The highest BCUT2D eigenvalue weighted by molar-refractivity contribution is 6.30. The fourth-order valence-electron chi connectivity index (χ4n) is 1.77. The lowest BCUT2D eigenvalue weighted by molar-refractivity contribution is 0.101. The summed E-state index contributed by atoms with van der Waals surface area (Å²) < 4.78 is 15.0. The van der Waals surface area contributed by atoms with Crippen molar-refractivity contribution in [2.75, 3.05) is 5.32 Å². The predicted octanol–water partition coefficient (Wildman–Crippen LogP) is 2.48. The van der Waals surface area contributed by atoms with Crippen molar-refractivity contribution in [1.29, 1.82) is 0 Å². The van der Waals surface area contributed by atoms with Crippen LogP contribution in [0.4, 0.5) is 10.1 Å². The number of aromatic nitrogens is 4. The summed E-state index contributed by atoms with van der Waals surface area (Å²) in [5.74, 6) is -1.03. The molecule has 6 nitrogen and oxygen atoms in total. The Morgan fingerprint density at radius 2 is 2.19 bits per heavy atom. The van der Waals surface area contributed by atoms with Crippen molar-refractivity contribution in [3.05, 3.63) is 52.8 Å². The highest BCUT2D eigenvalue weighted by Crippen LogP contribution is 2.20. The number of carbonyl (C=O) groups excluding carboxylic acids is 1. The molecule has 3 aromatic rings. The number of carbonyl (C=O) groups is 1. The summed E-state index contributed by atoms with van der Waals surface area (Å²) >= 11 is 5.77. The van der Waals surface area contributed by atoms with Gasteiger partial charge in [-0.2, -0.15) is 4.98 Å². The highest BCUT2D eigenvalue weighted by Gasteiger charge is 2.16. The number of nitrogens with one attached hydrogen (secondary N) is 1. The summed E-state index contributed by atoms with van der Waals surface area (Å²) in [5, 5.41) is 6.73. The minimum atomic E-state index is -0.638. The topological polar surface area (TPSA) is 72.2 Å². The van der Waals surface area contributed by atoms with Crippen LogP contribution in [0.25, 0.3) is 5.78 Å². The minimum absolute atomic E-state index is 0.0314. The molecule has 1 N–H and O–H groups in total. The van der Waals surface area contributed by atoms with Crippen molar-refractivity contribution in [2.45, 2.75) is 6.92 Å². The standard InChI is InChI=1S/C13H9ClFN5O/c1-7-4-5-16-13-18-11(19-20(7)13)12(21)17-10-6-8(14)2-3-9(10)15/h2-6H,1H3,(H,17,21). The monoisotopic (exact) mass is 305 g/mol. The Balaban J connectivity index is 1.93. The van der Waals surface area contributed by atoms with Crippen LogP contribution in [0, 0.1) is 12.7 Å². The molecule has 0 aliphatic heterocycles. The summed E-state index contributed by atoms with van der Waals surface area (Å²) in [6.07, 6.45) is 1.57. The number of nitrogens with zero attached hydrogens (tertiary/aromatic N) is 4. The smallest absolute Gasteiger partial charge is 0.295 e.